The van der Waals surface area contributed by atoms with Gasteiger partial charge in [-0.3, -0.25) is 14.6 Å². The summed E-state index contributed by atoms with van der Waals surface area (Å²) in [5.74, 6) is -0.417. The Kier molecular flexibility index (Phi) is 5.53. The van der Waals surface area contributed by atoms with Crippen molar-refractivity contribution in [3.63, 3.8) is 0 Å². The molecule has 1 aromatic heterocycles. The van der Waals surface area contributed by atoms with Crippen LogP contribution in [0.15, 0.2) is 24.5 Å². The van der Waals surface area contributed by atoms with Crippen LogP contribution in [0.5, 0.6) is 0 Å². The molecule has 2 N–H and O–H groups in total. The highest BCUT2D eigenvalue weighted by atomic mass is 16.2. The Balaban J connectivity index is 1.67. The Morgan fingerprint density at radius 2 is 1.80 bits per heavy atom. The minimum absolute atomic E-state index is 0.0957. The first-order chi connectivity index (χ1) is 9.74. The number of amides is 2. The van der Waals surface area contributed by atoms with E-state index < -0.39 is 0 Å². The number of aromatic nitrogens is 1. The molecule has 0 radical (unpaired) electrons. The first-order valence-electron chi connectivity index (χ1n) is 7.19. The molecule has 5 nitrogen and oxygen atoms in total. The van der Waals surface area contributed by atoms with Crippen LogP contribution in [0.3, 0.4) is 0 Å². The maximum atomic E-state index is 11.8. The molecule has 0 saturated heterocycles. The van der Waals surface area contributed by atoms with Gasteiger partial charge in [-0.2, -0.15) is 0 Å². The minimum atomic E-state index is -0.241. The van der Waals surface area contributed by atoms with Crippen LogP contribution in [0.1, 0.15) is 44.1 Å². The van der Waals surface area contributed by atoms with Crippen molar-refractivity contribution >= 4 is 11.8 Å². The summed E-state index contributed by atoms with van der Waals surface area (Å²) in [5.41, 5.74) is 0.973. The van der Waals surface area contributed by atoms with E-state index in [4.69, 9.17) is 0 Å². The Bertz CT molecular complexity index is 442. The van der Waals surface area contributed by atoms with Crippen LogP contribution in [-0.4, -0.2) is 22.8 Å². The van der Waals surface area contributed by atoms with E-state index in [-0.39, 0.29) is 24.3 Å². The highest BCUT2D eigenvalue weighted by Crippen LogP contribution is 2.17. The molecule has 0 unspecified atom stereocenters. The fourth-order valence-corrected chi connectivity index (χ4v) is 2.44. The third kappa shape index (κ3) is 4.99. The van der Waals surface area contributed by atoms with Crippen LogP contribution in [-0.2, 0) is 16.1 Å². The van der Waals surface area contributed by atoms with Crippen molar-refractivity contribution in [3.05, 3.63) is 30.1 Å². The number of nitrogens with one attached hydrogen (secondary N) is 2. The number of carbonyl (C=O) groups is 2. The van der Waals surface area contributed by atoms with Crippen molar-refractivity contribution in [2.24, 2.45) is 0 Å². The molecule has 1 aliphatic carbocycles. The van der Waals surface area contributed by atoms with Gasteiger partial charge in [-0.15, -0.1) is 0 Å². The van der Waals surface area contributed by atoms with E-state index in [0.29, 0.717) is 6.54 Å². The van der Waals surface area contributed by atoms with E-state index in [0.717, 1.165) is 18.4 Å². The zero-order chi connectivity index (χ0) is 14.2. The van der Waals surface area contributed by atoms with Gasteiger partial charge >= 0.3 is 0 Å². The molecule has 0 aliphatic heterocycles. The van der Waals surface area contributed by atoms with Gasteiger partial charge in [-0.05, 0) is 30.5 Å². The fraction of sp³-hybridized carbons (Fsp3) is 0.533. The highest BCUT2D eigenvalue weighted by Gasteiger charge is 2.17. The second-order valence-electron chi connectivity index (χ2n) is 5.21. The van der Waals surface area contributed by atoms with Crippen molar-refractivity contribution in [1.82, 2.24) is 15.6 Å². The quantitative estimate of drug-likeness (QED) is 0.801. The molecule has 20 heavy (non-hydrogen) atoms. The zero-order valence-corrected chi connectivity index (χ0v) is 11.6. The van der Waals surface area contributed by atoms with Crippen LogP contribution in [0.4, 0.5) is 0 Å². The summed E-state index contributed by atoms with van der Waals surface area (Å²) in [6.45, 7) is 0.429. The standard InChI is InChI=1S/C15H21N3O2/c19-14(17-11-12-6-8-16-9-7-12)10-15(20)18-13-4-2-1-3-5-13/h6-9,13H,1-5,10-11H2,(H,17,19)(H,18,20). The van der Waals surface area contributed by atoms with Gasteiger partial charge in [0.05, 0.1) is 0 Å². The first-order valence-corrected chi connectivity index (χ1v) is 7.19. The highest BCUT2D eigenvalue weighted by molar-refractivity contribution is 5.96. The summed E-state index contributed by atoms with van der Waals surface area (Å²) in [6, 6.07) is 3.93. The van der Waals surface area contributed by atoms with Crippen molar-refractivity contribution in [1.29, 1.82) is 0 Å². The molecule has 0 atom stereocenters. The monoisotopic (exact) mass is 275 g/mol. The lowest BCUT2D eigenvalue weighted by molar-refractivity contribution is -0.129. The van der Waals surface area contributed by atoms with Gasteiger partial charge in [-0.1, -0.05) is 19.3 Å². The maximum absolute atomic E-state index is 11.8. The first kappa shape index (κ1) is 14.5. The van der Waals surface area contributed by atoms with E-state index in [9.17, 15) is 9.59 Å². The average Bonchev–Trinajstić information content (AvgIpc) is 2.47. The van der Waals surface area contributed by atoms with Crippen molar-refractivity contribution in [2.45, 2.75) is 51.1 Å². The Morgan fingerprint density at radius 3 is 2.50 bits per heavy atom. The number of hydrogen-bond acceptors (Lipinski definition) is 3. The number of nitrogens with zero attached hydrogens (tertiary/aromatic N) is 1. The molecule has 2 amide bonds. The summed E-state index contributed by atoms with van der Waals surface area (Å²) in [4.78, 5) is 27.3. The lowest BCUT2D eigenvalue weighted by Gasteiger charge is -2.22. The van der Waals surface area contributed by atoms with Crippen molar-refractivity contribution < 1.29 is 9.59 Å². The summed E-state index contributed by atoms with van der Waals surface area (Å²) in [7, 11) is 0. The molecule has 1 saturated carbocycles. The van der Waals surface area contributed by atoms with Gasteiger partial charge < -0.3 is 10.6 Å². The molecule has 1 fully saturated rings. The van der Waals surface area contributed by atoms with Crippen LogP contribution < -0.4 is 10.6 Å². The van der Waals surface area contributed by atoms with E-state index in [1.165, 1.54) is 19.3 Å². The molecule has 0 aromatic carbocycles. The Hall–Kier alpha value is -1.91. The molecule has 1 aromatic rings. The van der Waals surface area contributed by atoms with E-state index in [2.05, 4.69) is 15.6 Å². The van der Waals surface area contributed by atoms with Crippen LogP contribution >= 0.6 is 0 Å². The number of pyridine rings is 1. The predicted octanol–water partition coefficient (Wildman–Crippen LogP) is 1.54. The average molecular weight is 275 g/mol. The summed E-state index contributed by atoms with van der Waals surface area (Å²) >= 11 is 0. The predicted molar refractivity (Wildman–Crippen MR) is 75.7 cm³/mol. The number of carbonyl (C=O) groups excluding carboxylic acids is 2. The van der Waals surface area contributed by atoms with Gasteiger partial charge in [0.15, 0.2) is 0 Å². The smallest absolute Gasteiger partial charge is 0.229 e. The van der Waals surface area contributed by atoms with Crippen LogP contribution in [0.25, 0.3) is 0 Å². The molecular formula is C15H21N3O2. The molecule has 108 valence electrons. The van der Waals surface area contributed by atoms with Gasteiger partial charge in [0.25, 0.3) is 0 Å². The van der Waals surface area contributed by atoms with E-state index >= 15 is 0 Å². The molecule has 1 aliphatic rings. The SMILES string of the molecule is O=C(CC(=O)NC1CCCCC1)NCc1ccncc1. The molecule has 5 heteroatoms. The maximum Gasteiger partial charge on any atom is 0.229 e. The summed E-state index contributed by atoms with van der Waals surface area (Å²) < 4.78 is 0. The summed E-state index contributed by atoms with van der Waals surface area (Å²) in [5, 5.41) is 5.68. The van der Waals surface area contributed by atoms with E-state index in [1.807, 2.05) is 12.1 Å². The Labute approximate surface area is 119 Å². The van der Waals surface area contributed by atoms with Gasteiger partial charge in [0.1, 0.15) is 6.42 Å². The molecular weight excluding hydrogens is 254 g/mol. The molecule has 0 bridgehead atoms. The third-order valence-corrected chi connectivity index (χ3v) is 3.53. The Morgan fingerprint density at radius 1 is 1.10 bits per heavy atom. The normalized spacial score (nSPS) is 15.6. The number of hydrogen-bond donors (Lipinski definition) is 2. The minimum Gasteiger partial charge on any atom is -0.353 e. The molecule has 1 heterocycles. The third-order valence-electron chi connectivity index (χ3n) is 3.53. The number of rotatable bonds is 5. The van der Waals surface area contributed by atoms with Gasteiger partial charge in [-0.25, -0.2) is 0 Å². The van der Waals surface area contributed by atoms with Crippen molar-refractivity contribution in [2.75, 3.05) is 0 Å². The molecule has 2 rings (SSSR count). The second-order valence-corrected chi connectivity index (χ2v) is 5.21. The summed E-state index contributed by atoms with van der Waals surface area (Å²) in [6.07, 6.45) is 8.90. The van der Waals surface area contributed by atoms with Crippen LogP contribution in [0, 0.1) is 0 Å². The van der Waals surface area contributed by atoms with Gasteiger partial charge in [0.2, 0.25) is 11.8 Å². The van der Waals surface area contributed by atoms with Gasteiger partial charge in [0, 0.05) is 25.0 Å². The lowest BCUT2D eigenvalue weighted by atomic mass is 9.95. The largest absolute Gasteiger partial charge is 0.353 e. The topological polar surface area (TPSA) is 71.1 Å². The van der Waals surface area contributed by atoms with E-state index in [1.54, 1.807) is 12.4 Å². The lowest BCUT2D eigenvalue weighted by Crippen LogP contribution is -2.39. The fourth-order valence-electron chi connectivity index (χ4n) is 2.44. The molecule has 0 spiro atoms. The van der Waals surface area contributed by atoms with Crippen LogP contribution in [0.2, 0.25) is 0 Å². The zero-order valence-electron chi connectivity index (χ0n) is 11.6. The second kappa shape index (κ2) is 7.62. The van der Waals surface area contributed by atoms with Crippen molar-refractivity contribution in [3.8, 4) is 0 Å².